The zero-order valence-electron chi connectivity index (χ0n) is 14.6. The number of benzene rings is 1. The number of rotatable bonds is 4. The number of imidazole rings is 1. The Morgan fingerprint density at radius 1 is 1.24 bits per heavy atom. The summed E-state index contributed by atoms with van der Waals surface area (Å²) in [5.41, 5.74) is 4.09. The lowest BCUT2D eigenvalue weighted by atomic mass is 10.1. The zero-order valence-corrected chi connectivity index (χ0v) is 14.6. The summed E-state index contributed by atoms with van der Waals surface area (Å²) in [6.07, 6.45) is 6.36. The molecule has 3 aromatic rings. The average molecular weight is 334 g/mol. The number of fused-ring (bicyclic) bond motifs is 2. The SMILES string of the molecule is CCCN(C(=O)c1c(C)nc2ncccn12)C1Cc2ccccc2C1. The van der Waals surface area contributed by atoms with Crippen LogP contribution in [0.4, 0.5) is 0 Å². The Hall–Kier alpha value is -2.69. The van der Waals surface area contributed by atoms with E-state index in [9.17, 15) is 4.79 Å². The van der Waals surface area contributed by atoms with Crippen molar-refractivity contribution in [1.82, 2.24) is 19.3 Å². The summed E-state index contributed by atoms with van der Waals surface area (Å²) in [4.78, 5) is 24.1. The van der Waals surface area contributed by atoms with E-state index in [4.69, 9.17) is 0 Å². The number of aromatic nitrogens is 3. The molecule has 1 aliphatic carbocycles. The number of nitrogens with zero attached hydrogens (tertiary/aromatic N) is 4. The van der Waals surface area contributed by atoms with Crippen LogP contribution < -0.4 is 0 Å². The molecule has 5 nitrogen and oxygen atoms in total. The van der Waals surface area contributed by atoms with Gasteiger partial charge in [0, 0.05) is 25.0 Å². The molecule has 0 N–H and O–H groups in total. The highest BCUT2D eigenvalue weighted by atomic mass is 16.2. The van der Waals surface area contributed by atoms with Crippen LogP contribution in [0.1, 0.15) is 40.7 Å². The second-order valence-corrected chi connectivity index (χ2v) is 6.66. The minimum absolute atomic E-state index is 0.0534. The monoisotopic (exact) mass is 334 g/mol. The van der Waals surface area contributed by atoms with Gasteiger partial charge in [-0.3, -0.25) is 9.20 Å². The summed E-state index contributed by atoms with van der Waals surface area (Å²) in [5, 5.41) is 0. The first-order valence-electron chi connectivity index (χ1n) is 8.86. The molecule has 0 aliphatic heterocycles. The lowest BCUT2D eigenvalue weighted by molar-refractivity contribution is 0.0676. The van der Waals surface area contributed by atoms with Gasteiger partial charge in [0.1, 0.15) is 5.69 Å². The largest absolute Gasteiger partial charge is 0.334 e. The summed E-state index contributed by atoms with van der Waals surface area (Å²) in [6, 6.07) is 10.5. The van der Waals surface area contributed by atoms with E-state index >= 15 is 0 Å². The predicted octanol–water partition coefficient (Wildman–Crippen LogP) is 3.06. The molecule has 4 rings (SSSR count). The fourth-order valence-electron chi connectivity index (χ4n) is 3.84. The first-order valence-corrected chi connectivity index (χ1v) is 8.86. The smallest absolute Gasteiger partial charge is 0.273 e. The van der Waals surface area contributed by atoms with Crippen LogP contribution in [0.5, 0.6) is 0 Å². The topological polar surface area (TPSA) is 50.5 Å². The number of aryl methyl sites for hydroxylation is 1. The van der Waals surface area contributed by atoms with Gasteiger partial charge >= 0.3 is 0 Å². The van der Waals surface area contributed by atoms with Crippen molar-refractivity contribution in [3.8, 4) is 0 Å². The lowest BCUT2D eigenvalue weighted by Crippen LogP contribution is -2.42. The van der Waals surface area contributed by atoms with Crippen molar-refractivity contribution in [3.63, 3.8) is 0 Å². The highest BCUT2D eigenvalue weighted by molar-refractivity contribution is 5.94. The van der Waals surface area contributed by atoms with Crippen molar-refractivity contribution in [2.45, 2.75) is 39.2 Å². The van der Waals surface area contributed by atoms with Gasteiger partial charge in [0.05, 0.1) is 5.69 Å². The summed E-state index contributed by atoms with van der Waals surface area (Å²) < 4.78 is 1.81. The van der Waals surface area contributed by atoms with Crippen LogP contribution in [-0.2, 0) is 12.8 Å². The van der Waals surface area contributed by atoms with E-state index in [1.807, 2.05) is 28.5 Å². The molecule has 0 atom stereocenters. The number of carbonyl (C=O) groups is 1. The van der Waals surface area contributed by atoms with Crippen molar-refractivity contribution < 1.29 is 4.79 Å². The zero-order chi connectivity index (χ0) is 17.4. The van der Waals surface area contributed by atoms with Crippen LogP contribution in [0, 0.1) is 6.92 Å². The summed E-state index contributed by atoms with van der Waals surface area (Å²) >= 11 is 0. The van der Waals surface area contributed by atoms with E-state index in [1.54, 1.807) is 6.20 Å². The van der Waals surface area contributed by atoms with E-state index in [0.717, 1.165) is 31.5 Å². The molecule has 0 saturated heterocycles. The van der Waals surface area contributed by atoms with Gasteiger partial charge in [0.25, 0.3) is 5.91 Å². The first kappa shape index (κ1) is 15.8. The molecule has 5 heteroatoms. The molecule has 2 heterocycles. The van der Waals surface area contributed by atoms with Gasteiger partial charge in [-0.05, 0) is 43.4 Å². The third-order valence-electron chi connectivity index (χ3n) is 4.98. The molecule has 0 radical (unpaired) electrons. The molecule has 0 unspecified atom stereocenters. The van der Waals surface area contributed by atoms with Gasteiger partial charge in [0.15, 0.2) is 0 Å². The Labute approximate surface area is 147 Å². The highest BCUT2D eigenvalue weighted by Gasteiger charge is 2.32. The molecule has 0 fully saturated rings. The quantitative estimate of drug-likeness (QED) is 0.737. The Bertz CT molecular complexity index is 905. The predicted molar refractivity (Wildman–Crippen MR) is 96.7 cm³/mol. The molecule has 0 saturated carbocycles. The van der Waals surface area contributed by atoms with Crippen LogP contribution in [0.3, 0.4) is 0 Å². The molecule has 128 valence electrons. The van der Waals surface area contributed by atoms with Crippen molar-refractivity contribution in [2.24, 2.45) is 0 Å². The summed E-state index contributed by atoms with van der Waals surface area (Å²) in [6.45, 7) is 4.76. The van der Waals surface area contributed by atoms with Crippen LogP contribution in [0.15, 0.2) is 42.7 Å². The number of amides is 1. The van der Waals surface area contributed by atoms with Gasteiger partial charge < -0.3 is 4.90 Å². The van der Waals surface area contributed by atoms with E-state index in [2.05, 4.69) is 41.2 Å². The van der Waals surface area contributed by atoms with Crippen molar-refractivity contribution >= 4 is 11.7 Å². The number of hydrogen-bond acceptors (Lipinski definition) is 3. The summed E-state index contributed by atoms with van der Waals surface area (Å²) in [7, 11) is 0. The summed E-state index contributed by atoms with van der Waals surface area (Å²) in [5.74, 6) is 0.632. The Kier molecular flexibility index (Phi) is 3.99. The Morgan fingerprint density at radius 3 is 2.64 bits per heavy atom. The average Bonchev–Trinajstić information content (AvgIpc) is 3.18. The van der Waals surface area contributed by atoms with E-state index in [1.165, 1.54) is 11.1 Å². The van der Waals surface area contributed by atoms with Crippen molar-refractivity contribution in [3.05, 3.63) is 65.2 Å². The highest BCUT2D eigenvalue weighted by Crippen LogP contribution is 2.27. The second-order valence-electron chi connectivity index (χ2n) is 6.66. The van der Waals surface area contributed by atoms with Gasteiger partial charge in [-0.25, -0.2) is 9.97 Å². The van der Waals surface area contributed by atoms with Crippen LogP contribution in [0.2, 0.25) is 0 Å². The number of hydrogen-bond donors (Lipinski definition) is 0. The Morgan fingerprint density at radius 2 is 1.96 bits per heavy atom. The molecule has 1 amide bonds. The second kappa shape index (κ2) is 6.31. The molecule has 1 aromatic carbocycles. The molecule has 25 heavy (non-hydrogen) atoms. The van der Waals surface area contributed by atoms with Gasteiger partial charge in [0.2, 0.25) is 5.78 Å². The molecule has 2 aromatic heterocycles. The lowest BCUT2D eigenvalue weighted by Gasteiger charge is -2.28. The van der Waals surface area contributed by atoms with Crippen molar-refractivity contribution in [1.29, 1.82) is 0 Å². The van der Waals surface area contributed by atoms with E-state index in [0.29, 0.717) is 11.5 Å². The fraction of sp³-hybridized carbons (Fsp3) is 0.350. The van der Waals surface area contributed by atoms with Gasteiger partial charge in [-0.1, -0.05) is 31.2 Å². The standard InChI is InChI=1S/C20H22N4O/c1-3-10-23(17-12-15-7-4-5-8-16(15)13-17)19(25)18-14(2)22-20-21-9-6-11-24(18)20/h4-9,11,17H,3,10,12-13H2,1-2H3. The van der Waals surface area contributed by atoms with Gasteiger partial charge in [-0.2, -0.15) is 0 Å². The Balaban J connectivity index is 1.69. The minimum atomic E-state index is 0.0534. The van der Waals surface area contributed by atoms with E-state index in [-0.39, 0.29) is 11.9 Å². The number of carbonyl (C=O) groups excluding carboxylic acids is 1. The van der Waals surface area contributed by atoms with Gasteiger partial charge in [-0.15, -0.1) is 0 Å². The van der Waals surface area contributed by atoms with Crippen LogP contribution in [0.25, 0.3) is 5.78 Å². The molecule has 1 aliphatic rings. The van der Waals surface area contributed by atoms with E-state index < -0.39 is 0 Å². The van der Waals surface area contributed by atoms with Crippen LogP contribution in [-0.4, -0.2) is 37.8 Å². The maximum atomic E-state index is 13.4. The molecule has 0 spiro atoms. The maximum absolute atomic E-state index is 13.4. The third-order valence-corrected chi connectivity index (χ3v) is 4.98. The molecular weight excluding hydrogens is 312 g/mol. The first-order chi connectivity index (χ1) is 12.2. The van der Waals surface area contributed by atoms with Crippen molar-refractivity contribution in [2.75, 3.05) is 6.54 Å². The normalized spacial score (nSPS) is 14.0. The minimum Gasteiger partial charge on any atom is -0.334 e. The molecule has 0 bridgehead atoms. The molecular formula is C20H22N4O. The fourth-order valence-corrected chi connectivity index (χ4v) is 3.84. The third kappa shape index (κ3) is 2.69. The van der Waals surface area contributed by atoms with Crippen LogP contribution >= 0.6 is 0 Å². The maximum Gasteiger partial charge on any atom is 0.273 e.